The summed E-state index contributed by atoms with van der Waals surface area (Å²) in [4.78, 5) is 13.0. The number of benzene rings is 3. The third-order valence-electron chi connectivity index (χ3n) is 8.24. The first-order valence-corrected chi connectivity index (χ1v) is 13.5. The Labute approximate surface area is 246 Å². The van der Waals surface area contributed by atoms with E-state index in [1.807, 2.05) is 60.7 Å². The summed E-state index contributed by atoms with van der Waals surface area (Å²) in [5.74, 6) is -2.47. The molecule has 0 unspecified atom stereocenters. The molecule has 12 heteroatoms. The van der Waals surface area contributed by atoms with E-state index in [2.05, 4.69) is 15.0 Å². The fraction of sp³-hybridized carbons (Fsp3) is 0.258. The highest BCUT2D eigenvalue weighted by atomic mass is 16.8. The number of aliphatic hydroxyl groups excluding tert-OH is 2. The molecule has 1 saturated heterocycles. The van der Waals surface area contributed by atoms with Crippen molar-refractivity contribution in [2.24, 2.45) is 0 Å². The molecule has 1 aliphatic rings. The van der Waals surface area contributed by atoms with Crippen molar-refractivity contribution in [3.63, 3.8) is 0 Å². The Balaban J connectivity index is 1.85. The number of phenolic OH excluding ortho intramolecular Hbond substituents is 1. The molecule has 0 aliphatic carbocycles. The first kappa shape index (κ1) is 28.7. The molecule has 3 heterocycles. The fourth-order valence-electron chi connectivity index (χ4n) is 6.36. The number of phenols is 1. The minimum atomic E-state index is -2.50. The van der Waals surface area contributed by atoms with Gasteiger partial charge in [0.15, 0.2) is 23.3 Å². The van der Waals surface area contributed by atoms with Gasteiger partial charge in [-0.05, 0) is 28.8 Å². The molecule has 0 bridgehead atoms. The van der Waals surface area contributed by atoms with Crippen molar-refractivity contribution in [2.75, 3.05) is 20.0 Å². The molecule has 6 N–H and O–H groups in total. The largest absolute Gasteiger partial charge is 0.508 e. The number of aromatic nitrogens is 4. The van der Waals surface area contributed by atoms with Gasteiger partial charge in [-0.3, -0.25) is 4.57 Å². The summed E-state index contributed by atoms with van der Waals surface area (Å²) < 4.78 is 18.9. The molecule has 3 aromatic carbocycles. The number of methoxy groups -OCH3 is 2. The van der Waals surface area contributed by atoms with Crippen molar-refractivity contribution in [2.45, 2.75) is 35.4 Å². The second-order valence-electron chi connectivity index (χ2n) is 10.3. The van der Waals surface area contributed by atoms with E-state index < -0.39 is 35.4 Å². The van der Waals surface area contributed by atoms with Crippen LogP contribution in [-0.2, 0) is 25.4 Å². The zero-order valence-electron chi connectivity index (χ0n) is 23.3. The number of hydrogen-bond donors (Lipinski definition) is 5. The minimum Gasteiger partial charge on any atom is -0.508 e. The summed E-state index contributed by atoms with van der Waals surface area (Å²) >= 11 is 0. The van der Waals surface area contributed by atoms with E-state index in [9.17, 15) is 20.4 Å². The Hall–Kier alpha value is -4.43. The number of aliphatic hydroxyl groups is 3. The van der Waals surface area contributed by atoms with Gasteiger partial charge in [-0.15, -0.1) is 0 Å². The van der Waals surface area contributed by atoms with Gasteiger partial charge in [0.05, 0.1) is 11.7 Å². The van der Waals surface area contributed by atoms with Crippen molar-refractivity contribution in [3.05, 3.63) is 114 Å². The third-order valence-corrected chi connectivity index (χ3v) is 8.24. The molecule has 1 aliphatic heterocycles. The minimum absolute atomic E-state index is 0.0548. The first-order chi connectivity index (χ1) is 20.7. The van der Waals surface area contributed by atoms with Crippen LogP contribution in [-0.4, -0.2) is 78.4 Å². The standard InChI is InChI=1S/C31H31N5O7/c1-41-31(40,42-2)26-24(38)25(39)30(43-26,36-18-35-23-27(32)33-17-34-28(23)36)29(19-10-5-3-6-11-19,20-12-7-4-8-13-20)21-14-9-15-22(37)16-21/h3-18,24-26,37-40H,1-2H3,(H2,32,33,34)/t24-,25+,26-,30-/m0/s1. The van der Waals surface area contributed by atoms with Crippen LogP contribution in [0.4, 0.5) is 5.82 Å². The average Bonchev–Trinajstić information content (AvgIpc) is 3.59. The number of aromatic hydroxyl groups is 1. The lowest BCUT2D eigenvalue weighted by atomic mass is 9.60. The zero-order valence-corrected chi connectivity index (χ0v) is 23.3. The third kappa shape index (κ3) is 4.03. The zero-order chi connectivity index (χ0) is 30.4. The summed E-state index contributed by atoms with van der Waals surface area (Å²) in [5.41, 5.74) is 4.56. The van der Waals surface area contributed by atoms with Crippen molar-refractivity contribution in [1.29, 1.82) is 0 Å². The number of ether oxygens (including phenoxy) is 3. The van der Waals surface area contributed by atoms with Gasteiger partial charge < -0.3 is 40.4 Å². The normalized spacial score (nSPS) is 22.7. The van der Waals surface area contributed by atoms with Crippen LogP contribution in [0.1, 0.15) is 16.7 Å². The van der Waals surface area contributed by atoms with E-state index in [0.29, 0.717) is 16.7 Å². The maximum absolute atomic E-state index is 12.4. The Morgan fingerprint density at radius 1 is 0.860 bits per heavy atom. The summed E-state index contributed by atoms with van der Waals surface area (Å²) in [6.07, 6.45) is -2.63. The van der Waals surface area contributed by atoms with Crippen molar-refractivity contribution < 1.29 is 34.6 Å². The number of rotatable bonds is 8. The van der Waals surface area contributed by atoms with Gasteiger partial charge >= 0.3 is 5.97 Å². The number of nitrogen functional groups attached to an aromatic ring is 1. The van der Waals surface area contributed by atoms with Gasteiger partial charge in [0.1, 0.15) is 29.8 Å². The lowest BCUT2D eigenvalue weighted by Crippen LogP contribution is -2.61. The fourth-order valence-corrected chi connectivity index (χ4v) is 6.36. The number of hydrogen-bond acceptors (Lipinski definition) is 11. The van der Waals surface area contributed by atoms with Gasteiger partial charge in [-0.2, -0.15) is 0 Å². The van der Waals surface area contributed by atoms with Crippen LogP contribution in [0.15, 0.2) is 97.6 Å². The summed E-state index contributed by atoms with van der Waals surface area (Å²) in [7, 11) is 2.37. The molecule has 6 rings (SSSR count). The van der Waals surface area contributed by atoms with Gasteiger partial charge in [-0.25, -0.2) is 15.0 Å². The number of nitrogens with zero attached hydrogens (tertiary/aromatic N) is 4. The topological polar surface area (TPSA) is 178 Å². The molecule has 0 amide bonds. The van der Waals surface area contributed by atoms with E-state index in [0.717, 1.165) is 0 Å². The highest BCUT2D eigenvalue weighted by Gasteiger charge is 2.72. The van der Waals surface area contributed by atoms with Crippen LogP contribution in [0, 0.1) is 0 Å². The molecule has 4 atom stereocenters. The van der Waals surface area contributed by atoms with Crippen molar-refractivity contribution in [3.8, 4) is 5.75 Å². The van der Waals surface area contributed by atoms with Crippen LogP contribution >= 0.6 is 0 Å². The molecule has 43 heavy (non-hydrogen) atoms. The van der Waals surface area contributed by atoms with Crippen LogP contribution in [0.3, 0.4) is 0 Å². The second-order valence-corrected chi connectivity index (χ2v) is 10.3. The molecule has 0 radical (unpaired) electrons. The van der Waals surface area contributed by atoms with Crippen LogP contribution < -0.4 is 5.73 Å². The predicted octanol–water partition coefficient (Wildman–Crippen LogP) is 1.86. The van der Waals surface area contributed by atoms with Gasteiger partial charge in [0, 0.05) is 14.2 Å². The lowest BCUT2D eigenvalue weighted by molar-refractivity contribution is -0.396. The molecule has 5 aromatic rings. The van der Waals surface area contributed by atoms with Crippen LogP contribution in [0.2, 0.25) is 0 Å². The number of anilines is 1. The van der Waals surface area contributed by atoms with Gasteiger partial charge in [0.2, 0.25) is 0 Å². The van der Waals surface area contributed by atoms with E-state index >= 15 is 0 Å². The molecule has 1 fully saturated rings. The Morgan fingerprint density at radius 3 is 2.05 bits per heavy atom. The maximum atomic E-state index is 12.4. The monoisotopic (exact) mass is 585 g/mol. The SMILES string of the molecule is COC(O)(OC)[C@H]1O[C@](n2cnc3c(N)ncnc32)(C(c2ccccc2)(c2ccccc2)c2cccc(O)c2)[C@H](O)[C@@H]1O. The van der Waals surface area contributed by atoms with Crippen LogP contribution in [0.25, 0.3) is 11.2 Å². The number of imidazole rings is 1. The Morgan fingerprint density at radius 2 is 1.47 bits per heavy atom. The van der Waals surface area contributed by atoms with E-state index in [1.54, 1.807) is 18.2 Å². The smallest absolute Gasteiger partial charge is 0.310 e. The quantitative estimate of drug-likeness (QED) is 0.133. The predicted molar refractivity (Wildman–Crippen MR) is 154 cm³/mol. The van der Waals surface area contributed by atoms with E-state index in [4.69, 9.17) is 19.9 Å². The molecular weight excluding hydrogens is 554 g/mol. The molecule has 0 saturated carbocycles. The van der Waals surface area contributed by atoms with E-state index in [-0.39, 0.29) is 22.7 Å². The second kappa shape index (κ2) is 10.7. The van der Waals surface area contributed by atoms with Crippen molar-refractivity contribution >= 4 is 17.0 Å². The van der Waals surface area contributed by atoms with Crippen molar-refractivity contribution in [1.82, 2.24) is 19.5 Å². The number of nitrogens with two attached hydrogens (primary N) is 1. The van der Waals surface area contributed by atoms with E-state index in [1.165, 1.54) is 37.5 Å². The molecule has 12 nitrogen and oxygen atoms in total. The van der Waals surface area contributed by atoms with Gasteiger partial charge in [0.25, 0.3) is 0 Å². The molecule has 2 aromatic heterocycles. The average molecular weight is 586 g/mol. The molecule has 222 valence electrons. The highest BCUT2D eigenvalue weighted by molar-refractivity contribution is 5.81. The highest BCUT2D eigenvalue weighted by Crippen LogP contribution is 2.59. The lowest BCUT2D eigenvalue weighted by Gasteiger charge is -2.51. The Bertz CT molecular complexity index is 1690. The van der Waals surface area contributed by atoms with Crippen LogP contribution in [0.5, 0.6) is 5.75 Å². The summed E-state index contributed by atoms with van der Waals surface area (Å²) in [6, 6.07) is 24.9. The first-order valence-electron chi connectivity index (χ1n) is 13.5. The van der Waals surface area contributed by atoms with Gasteiger partial charge in [-0.1, -0.05) is 72.8 Å². The molecular formula is C31H31N5O7. The molecule has 0 spiro atoms. The summed E-state index contributed by atoms with van der Waals surface area (Å²) in [5, 5.41) is 46.4. The maximum Gasteiger partial charge on any atom is 0.310 e. The number of fused-ring (bicyclic) bond motifs is 1. The Kier molecular flexibility index (Phi) is 7.13. The summed E-state index contributed by atoms with van der Waals surface area (Å²) in [6.45, 7) is 0.